The SMILES string of the molecule is COC(=O)[C@@H]1C[C@H]2C[C@@H]2C[C@H]1C=O. The molecule has 13 heavy (non-hydrogen) atoms. The number of hydrogen-bond donors (Lipinski definition) is 0. The van der Waals surface area contributed by atoms with Gasteiger partial charge in [-0.05, 0) is 31.1 Å². The second-order valence-corrected chi connectivity index (χ2v) is 4.16. The van der Waals surface area contributed by atoms with Gasteiger partial charge in [-0.2, -0.15) is 0 Å². The Morgan fingerprint density at radius 2 is 2.00 bits per heavy atom. The zero-order chi connectivity index (χ0) is 9.42. The number of ether oxygens (including phenoxy) is 1. The van der Waals surface area contributed by atoms with Gasteiger partial charge in [-0.15, -0.1) is 0 Å². The molecule has 0 aromatic carbocycles. The predicted octanol–water partition coefficient (Wildman–Crippen LogP) is 1.02. The van der Waals surface area contributed by atoms with E-state index in [9.17, 15) is 9.59 Å². The van der Waals surface area contributed by atoms with Crippen molar-refractivity contribution < 1.29 is 14.3 Å². The number of hydrogen-bond acceptors (Lipinski definition) is 3. The Labute approximate surface area is 77.4 Å². The monoisotopic (exact) mass is 182 g/mol. The molecule has 0 amide bonds. The maximum absolute atomic E-state index is 11.3. The van der Waals surface area contributed by atoms with E-state index in [1.165, 1.54) is 13.5 Å². The average Bonchev–Trinajstić information content (AvgIpc) is 2.92. The van der Waals surface area contributed by atoms with E-state index in [0.29, 0.717) is 5.92 Å². The third-order valence-corrected chi connectivity index (χ3v) is 3.40. The molecular weight excluding hydrogens is 168 g/mol. The van der Waals surface area contributed by atoms with E-state index < -0.39 is 0 Å². The molecule has 0 radical (unpaired) electrons. The largest absolute Gasteiger partial charge is 0.469 e. The zero-order valence-electron chi connectivity index (χ0n) is 7.73. The van der Waals surface area contributed by atoms with Crippen molar-refractivity contribution in [2.75, 3.05) is 7.11 Å². The van der Waals surface area contributed by atoms with Crippen LogP contribution in [-0.2, 0) is 14.3 Å². The molecule has 3 nitrogen and oxygen atoms in total. The summed E-state index contributed by atoms with van der Waals surface area (Å²) in [5, 5.41) is 0. The number of rotatable bonds is 2. The fraction of sp³-hybridized carbons (Fsp3) is 0.800. The molecule has 2 fully saturated rings. The minimum absolute atomic E-state index is 0.0869. The molecule has 2 aliphatic carbocycles. The summed E-state index contributed by atoms with van der Waals surface area (Å²) in [4.78, 5) is 22.1. The van der Waals surface area contributed by atoms with Crippen LogP contribution in [0.5, 0.6) is 0 Å². The molecule has 0 unspecified atom stereocenters. The maximum Gasteiger partial charge on any atom is 0.309 e. The van der Waals surface area contributed by atoms with Crippen molar-refractivity contribution in [3.63, 3.8) is 0 Å². The van der Waals surface area contributed by atoms with Crippen LogP contribution in [0, 0.1) is 23.7 Å². The summed E-state index contributed by atoms with van der Waals surface area (Å²) < 4.78 is 4.69. The van der Waals surface area contributed by atoms with Gasteiger partial charge in [0.05, 0.1) is 13.0 Å². The predicted molar refractivity (Wildman–Crippen MR) is 45.9 cm³/mol. The Morgan fingerprint density at radius 3 is 2.62 bits per heavy atom. The van der Waals surface area contributed by atoms with Gasteiger partial charge in [-0.3, -0.25) is 4.79 Å². The minimum Gasteiger partial charge on any atom is -0.469 e. The minimum atomic E-state index is -0.206. The Hall–Kier alpha value is -0.860. The molecule has 4 atom stereocenters. The molecule has 0 N–H and O–H groups in total. The van der Waals surface area contributed by atoms with Crippen LogP contribution in [0.25, 0.3) is 0 Å². The lowest BCUT2D eigenvalue weighted by atomic mass is 9.80. The first-order chi connectivity index (χ1) is 6.26. The van der Waals surface area contributed by atoms with E-state index in [2.05, 4.69) is 0 Å². The van der Waals surface area contributed by atoms with Crippen molar-refractivity contribution >= 4 is 12.3 Å². The molecule has 0 saturated heterocycles. The summed E-state index contributed by atoms with van der Waals surface area (Å²) in [5.74, 6) is 0.960. The average molecular weight is 182 g/mol. The van der Waals surface area contributed by atoms with Crippen LogP contribution in [-0.4, -0.2) is 19.4 Å². The van der Waals surface area contributed by atoms with Crippen molar-refractivity contribution in [3.05, 3.63) is 0 Å². The lowest BCUT2D eigenvalue weighted by molar-refractivity contribution is -0.150. The quantitative estimate of drug-likeness (QED) is 0.473. The smallest absolute Gasteiger partial charge is 0.309 e. The first-order valence-electron chi connectivity index (χ1n) is 4.79. The fourth-order valence-electron chi connectivity index (χ4n) is 2.48. The maximum atomic E-state index is 11.3. The van der Waals surface area contributed by atoms with E-state index in [1.54, 1.807) is 0 Å². The summed E-state index contributed by atoms with van der Waals surface area (Å²) in [6.45, 7) is 0. The highest BCUT2D eigenvalue weighted by molar-refractivity contribution is 5.77. The van der Waals surface area contributed by atoms with Crippen LogP contribution >= 0.6 is 0 Å². The van der Waals surface area contributed by atoms with Gasteiger partial charge in [0.15, 0.2) is 0 Å². The number of fused-ring (bicyclic) bond motifs is 1. The number of methoxy groups -OCH3 is 1. The highest BCUT2D eigenvalue weighted by Gasteiger charge is 2.48. The Balaban J connectivity index is 2.05. The van der Waals surface area contributed by atoms with Crippen molar-refractivity contribution in [1.29, 1.82) is 0 Å². The number of carbonyl (C=O) groups excluding carboxylic acids is 2. The van der Waals surface area contributed by atoms with Gasteiger partial charge in [0.25, 0.3) is 0 Å². The summed E-state index contributed by atoms with van der Waals surface area (Å²) in [7, 11) is 1.39. The van der Waals surface area contributed by atoms with Crippen molar-refractivity contribution in [1.82, 2.24) is 0 Å². The van der Waals surface area contributed by atoms with Gasteiger partial charge >= 0.3 is 5.97 Å². The van der Waals surface area contributed by atoms with Gasteiger partial charge in [-0.25, -0.2) is 0 Å². The lowest BCUT2D eigenvalue weighted by Gasteiger charge is -2.24. The summed E-state index contributed by atoms with van der Waals surface area (Å²) in [6.07, 6.45) is 3.89. The Bertz CT molecular complexity index is 236. The van der Waals surface area contributed by atoms with Gasteiger partial charge in [0, 0.05) is 5.92 Å². The standard InChI is InChI=1S/C10H14O3/c1-13-10(12)9-4-7-2-6(7)3-8(9)5-11/h5-9H,2-4H2,1H3/t6-,7-,8+,9-/m1/s1. The first kappa shape index (κ1) is 8.73. The van der Waals surface area contributed by atoms with Crippen LogP contribution in [0.3, 0.4) is 0 Å². The molecule has 0 aromatic rings. The Morgan fingerprint density at radius 1 is 1.31 bits per heavy atom. The number of carbonyl (C=O) groups is 2. The normalized spacial score (nSPS) is 41.9. The Kier molecular flexibility index (Phi) is 2.10. The number of esters is 1. The molecular formula is C10H14O3. The van der Waals surface area contributed by atoms with E-state index in [0.717, 1.165) is 25.0 Å². The topological polar surface area (TPSA) is 43.4 Å². The molecule has 2 rings (SSSR count). The number of aldehydes is 1. The molecule has 0 spiro atoms. The van der Waals surface area contributed by atoms with Crippen molar-refractivity contribution in [2.24, 2.45) is 23.7 Å². The third kappa shape index (κ3) is 1.47. The second-order valence-electron chi connectivity index (χ2n) is 4.16. The summed E-state index contributed by atoms with van der Waals surface area (Å²) in [5.41, 5.74) is 0. The summed E-state index contributed by atoms with van der Waals surface area (Å²) in [6, 6.07) is 0. The molecule has 72 valence electrons. The van der Waals surface area contributed by atoms with Crippen LogP contribution in [0.15, 0.2) is 0 Å². The molecule has 2 aliphatic rings. The van der Waals surface area contributed by atoms with E-state index >= 15 is 0 Å². The van der Waals surface area contributed by atoms with Crippen LogP contribution in [0.2, 0.25) is 0 Å². The second kappa shape index (κ2) is 3.13. The molecule has 0 aromatic heterocycles. The molecule has 3 heteroatoms. The zero-order valence-corrected chi connectivity index (χ0v) is 7.73. The van der Waals surface area contributed by atoms with Gasteiger partial charge in [0.2, 0.25) is 0 Å². The molecule has 0 heterocycles. The van der Waals surface area contributed by atoms with Crippen LogP contribution < -0.4 is 0 Å². The van der Waals surface area contributed by atoms with Gasteiger partial charge < -0.3 is 9.53 Å². The van der Waals surface area contributed by atoms with E-state index in [4.69, 9.17) is 4.74 Å². The fourth-order valence-corrected chi connectivity index (χ4v) is 2.48. The van der Waals surface area contributed by atoms with E-state index in [-0.39, 0.29) is 17.8 Å². The summed E-state index contributed by atoms with van der Waals surface area (Å²) >= 11 is 0. The highest BCUT2D eigenvalue weighted by Crippen LogP contribution is 2.53. The van der Waals surface area contributed by atoms with Gasteiger partial charge in [-0.1, -0.05) is 0 Å². The first-order valence-corrected chi connectivity index (χ1v) is 4.79. The highest BCUT2D eigenvalue weighted by atomic mass is 16.5. The molecule has 0 bridgehead atoms. The van der Waals surface area contributed by atoms with Crippen molar-refractivity contribution in [3.8, 4) is 0 Å². The van der Waals surface area contributed by atoms with Crippen LogP contribution in [0.4, 0.5) is 0 Å². The molecule has 0 aliphatic heterocycles. The van der Waals surface area contributed by atoms with Crippen molar-refractivity contribution in [2.45, 2.75) is 19.3 Å². The van der Waals surface area contributed by atoms with Crippen LogP contribution in [0.1, 0.15) is 19.3 Å². The van der Waals surface area contributed by atoms with E-state index in [1.807, 2.05) is 0 Å². The third-order valence-electron chi connectivity index (χ3n) is 3.40. The van der Waals surface area contributed by atoms with Gasteiger partial charge in [0.1, 0.15) is 6.29 Å². The lowest BCUT2D eigenvalue weighted by Crippen LogP contribution is -2.30. The molecule has 2 saturated carbocycles.